The predicted molar refractivity (Wildman–Crippen MR) is 105 cm³/mol. The molecule has 0 spiro atoms. The molecular weight excluding hydrogens is 401 g/mol. The first-order valence-electron chi connectivity index (χ1n) is 9.23. The Kier molecular flexibility index (Phi) is 4.73. The molecule has 0 atom stereocenters. The van der Waals surface area contributed by atoms with Gasteiger partial charge in [0.2, 0.25) is 6.79 Å². The highest BCUT2D eigenvalue weighted by atomic mass is 35.5. The highest BCUT2D eigenvalue weighted by Gasteiger charge is 2.23. The van der Waals surface area contributed by atoms with E-state index in [9.17, 15) is 4.39 Å². The minimum atomic E-state index is -0.431. The molecule has 0 radical (unpaired) electrons. The molecule has 5 rings (SSSR count). The average molecular weight is 418 g/mol. The Bertz CT molecular complexity index is 1080. The Balaban J connectivity index is 1.59. The van der Waals surface area contributed by atoms with Gasteiger partial charge in [-0.2, -0.15) is 0 Å². The molecule has 0 unspecified atom stereocenters. The molecule has 3 aromatic rings. The lowest BCUT2D eigenvalue weighted by Crippen LogP contribution is -2.26. The molecule has 2 aromatic carbocycles. The number of fused-ring (bicyclic) bond motifs is 2. The van der Waals surface area contributed by atoms with Crippen LogP contribution < -0.4 is 19.5 Å². The summed E-state index contributed by atoms with van der Waals surface area (Å²) in [5, 5.41) is 4.20. The molecule has 1 N–H and O–H groups in total. The molecule has 2 aliphatic rings. The lowest BCUT2D eigenvalue weighted by Gasteiger charge is -2.24. The molecule has 3 heterocycles. The molecule has 9 heteroatoms. The van der Waals surface area contributed by atoms with Gasteiger partial charge in [0, 0.05) is 25.0 Å². The van der Waals surface area contributed by atoms with Crippen molar-refractivity contribution in [3.05, 3.63) is 41.4 Å². The highest BCUT2D eigenvalue weighted by molar-refractivity contribution is 6.34. The van der Waals surface area contributed by atoms with Crippen LogP contribution in [0, 0.1) is 5.82 Å². The van der Waals surface area contributed by atoms with Crippen molar-refractivity contribution >= 4 is 34.0 Å². The Morgan fingerprint density at radius 1 is 1.14 bits per heavy atom. The van der Waals surface area contributed by atoms with E-state index in [4.69, 9.17) is 30.5 Å². The molecule has 1 saturated heterocycles. The third-order valence-corrected chi connectivity index (χ3v) is 5.18. The van der Waals surface area contributed by atoms with Gasteiger partial charge in [0.15, 0.2) is 11.5 Å². The van der Waals surface area contributed by atoms with Gasteiger partial charge in [0.25, 0.3) is 0 Å². The lowest BCUT2D eigenvalue weighted by molar-refractivity contribution is 0.0261. The van der Waals surface area contributed by atoms with Crippen molar-refractivity contribution in [1.29, 1.82) is 0 Å². The lowest BCUT2D eigenvalue weighted by atomic mass is 10.1. The molecule has 150 valence electrons. The molecule has 1 aromatic heterocycles. The Labute approximate surface area is 170 Å². The second-order valence-electron chi connectivity index (χ2n) is 6.73. The second kappa shape index (κ2) is 7.53. The Morgan fingerprint density at radius 3 is 2.86 bits per heavy atom. The first-order valence-corrected chi connectivity index (χ1v) is 9.60. The topological polar surface area (TPSA) is 74.7 Å². The number of hydrogen-bond donors (Lipinski definition) is 1. The van der Waals surface area contributed by atoms with Crippen LogP contribution in [-0.4, -0.2) is 36.1 Å². The van der Waals surface area contributed by atoms with Crippen molar-refractivity contribution < 1.29 is 23.3 Å². The summed E-state index contributed by atoms with van der Waals surface area (Å²) in [6.45, 7) is 1.34. The molecule has 0 amide bonds. The number of ether oxygens (including phenoxy) is 4. The van der Waals surface area contributed by atoms with Crippen molar-refractivity contribution in [2.45, 2.75) is 18.9 Å². The zero-order valence-electron chi connectivity index (χ0n) is 15.3. The molecule has 7 nitrogen and oxygen atoms in total. The van der Waals surface area contributed by atoms with Crippen LogP contribution in [0.5, 0.6) is 17.2 Å². The minimum absolute atomic E-state index is 0.0666. The van der Waals surface area contributed by atoms with Crippen LogP contribution in [0.2, 0.25) is 5.02 Å². The maximum atomic E-state index is 14.2. The first kappa shape index (κ1) is 18.2. The van der Waals surface area contributed by atoms with E-state index in [0.717, 1.165) is 12.8 Å². The fourth-order valence-corrected chi connectivity index (χ4v) is 3.66. The Morgan fingerprint density at radius 2 is 2.00 bits per heavy atom. The summed E-state index contributed by atoms with van der Waals surface area (Å²) in [5.74, 6) is 1.46. The normalized spacial score (nSPS) is 16.2. The van der Waals surface area contributed by atoms with Crippen molar-refractivity contribution in [3.63, 3.8) is 0 Å². The third kappa shape index (κ3) is 3.49. The second-order valence-corrected chi connectivity index (χ2v) is 7.14. The summed E-state index contributed by atoms with van der Waals surface area (Å²) in [6.07, 6.45) is 2.76. The standard InChI is InChI=1S/C20H17ClFN3O4/c21-13-1-2-15-19(28-10-27-15)18(13)25-20-17-14(23-9-24-20)7-11(22)8-16(17)29-12-3-5-26-6-4-12/h1-2,7-9,12H,3-6,10H2,(H,23,24,25). The number of halogens is 2. The van der Waals surface area contributed by atoms with Crippen LogP contribution >= 0.6 is 11.6 Å². The van der Waals surface area contributed by atoms with Crippen molar-refractivity contribution in [3.8, 4) is 17.2 Å². The van der Waals surface area contributed by atoms with Crippen LogP contribution in [0.15, 0.2) is 30.6 Å². The molecule has 2 aliphatic heterocycles. The maximum Gasteiger partial charge on any atom is 0.231 e. The largest absolute Gasteiger partial charge is 0.489 e. The van der Waals surface area contributed by atoms with Crippen LogP contribution in [-0.2, 0) is 4.74 Å². The fourth-order valence-electron chi connectivity index (χ4n) is 3.47. The highest BCUT2D eigenvalue weighted by Crippen LogP contribution is 2.45. The molecule has 1 fully saturated rings. The molecule has 0 bridgehead atoms. The van der Waals surface area contributed by atoms with Gasteiger partial charge >= 0.3 is 0 Å². The average Bonchev–Trinajstić information content (AvgIpc) is 3.20. The summed E-state index contributed by atoms with van der Waals surface area (Å²) in [6, 6.07) is 6.14. The van der Waals surface area contributed by atoms with Gasteiger partial charge in [-0.25, -0.2) is 14.4 Å². The van der Waals surface area contributed by atoms with E-state index < -0.39 is 5.82 Å². The van der Waals surface area contributed by atoms with Crippen molar-refractivity contribution in [2.75, 3.05) is 25.3 Å². The molecule has 0 saturated carbocycles. The van der Waals surface area contributed by atoms with E-state index in [-0.39, 0.29) is 12.9 Å². The summed E-state index contributed by atoms with van der Waals surface area (Å²) < 4.78 is 36.7. The van der Waals surface area contributed by atoms with E-state index in [1.54, 1.807) is 12.1 Å². The van der Waals surface area contributed by atoms with Gasteiger partial charge in [-0.05, 0) is 12.1 Å². The van der Waals surface area contributed by atoms with E-state index in [1.165, 1.54) is 18.5 Å². The van der Waals surface area contributed by atoms with E-state index in [0.29, 0.717) is 57.9 Å². The van der Waals surface area contributed by atoms with E-state index in [2.05, 4.69) is 15.3 Å². The van der Waals surface area contributed by atoms with Crippen LogP contribution in [0.4, 0.5) is 15.9 Å². The van der Waals surface area contributed by atoms with Crippen molar-refractivity contribution in [2.24, 2.45) is 0 Å². The monoisotopic (exact) mass is 417 g/mol. The number of anilines is 2. The Hall–Kier alpha value is -2.84. The van der Waals surface area contributed by atoms with Gasteiger partial charge in [-0.1, -0.05) is 11.6 Å². The number of aromatic nitrogens is 2. The zero-order valence-corrected chi connectivity index (χ0v) is 16.0. The fraction of sp³-hybridized carbons (Fsp3) is 0.300. The minimum Gasteiger partial charge on any atom is -0.489 e. The van der Waals surface area contributed by atoms with E-state index >= 15 is 0 Å². The summed E-state index contributed by atoms with van der Waals surface area (Å²) in [4.78, 5) is 8.56. The smallest absolute Gasteiger partial charge is 0.231 e. The first-order chi connectivity index (χ1) is 14.2. The van der Waals surface area contributed by atoms with Gasteiger partial charge in [0.1, 0.15) is 35.5 Å². The van der Waals surface area contributed by atoms with Gasteiger partial charge < -0.3 is 24.3 Å². The molecule has 29 heavy (non-hydrogen) atoms. The van der Waals surface area contributed by atoms with Gasteiger partial charge in [0.05, 0.1) is 29.1 Å². The van der Waals surface area contributed by atoms with E-state index in [1.807, 2.05) is 0 Å². The quantitative estimate of drug-likeness (QED) is 0.672. The number of nitrogens with zero attached hydrogens (tertiary/aromatic N) is 2. The van der Waals surface area contributed by atoms with Gasteiger partial charge in [-0.15, -0.1) is 0 Å². The maximum absolute atomic E-state index is 14.2. The van der Waals surface area contributed by atoms with Gasteiger partial charge in [-0.3, -0.25) is 0 Å². The van der Waals surface area contributed by atoms with Crippen LogP contribution in [0.1, 0.15) is 12.8 Å². The number of nitrogens with one attached hydrogen (secondary N) is 1. The zero-order chi connectivity index (χ0) is 19.8. The van der Waals surface area contributed by atoms with Crippen molar-refractivity contribution in [1.82, 2.24) is 9.97 Å². The summed E-state index contributed by atoms with van der Waals surface area (Å²) in [7, 11) is 0. The third-order valence-electron chi connectivity index (χ3n) is 4.86. The summed E-state index contributed by atoms with van der Waals surface area (Å²) >= 11 is 6.38. The predicted octanol–water partition coefficient (Wildman–Crippen LogP) is 4.45. The SMILES string of the molecule is Fc1cc(OC2CCOCC2)c2c(Nc3c(Cl)ccc4c3OCO4)ncnc2c1. The number of rotatable bonds is 4. The summed E-state index contributed by atoms with van der Waals surface area (Å²) in [5.41, 5.74) is 0.938. The van der Waals surface area contributed by atoms with Crippen LogP contribution in [0.25, 0.3) is 10.9 Å². The molecular formula is C20H17ClFN3O4. The van der Waals surface area contributed by atoms with Crippen LogP contribution in [0.3, 0.4) is 0 Å². The molecule has 0 aliphatic carbocycles. The number of benzene rings is 2. The number of hydrogen-bond acceptors (Lipinski definition) is 7.